The maximum Gasteiger partial charge on any atom is 0.264 e. The summed E-state index contributed by atoms with van der Waals surface area (Å²) in [4.78, 5) is 28.0. The number of amides is 1. The first-order valence-corrected chi connectivity index (χ1v) is 10.2. The van der Waals surface area contributed by atoms with Crippen LogP contribution in [0.4, 0.5) is 5.69 Å². The minimum absolute atomic E-state index is 0.233. The summed E-state index contributed by atoms with van der Waals surface area (Å²) >= 11 is 0. The van der Waals surface area contributed by atoms with Crippen molar-refractivity contribution in [1.82, 2.24) is 0 Å². The number of benzene rings is 3. The standard InChI is InChI=1S/C26H25NO3/c1-18-12-13-21(19(2)16-18)24(28)17-26(30)22-10-6-7-11-23(22)27(25(26)29)15-14-20-8-4-3-5-9-20/h3-13,16,30H,14-15,17H2,1-2H3. The fourth-order valence-corrected chi connectivity index (χ4v) is 4.24. The maximum absolute atomic E-state index is 13.3. The first-order valence-electron chi connectivity index (χ1n) is 10.2. The molecule has 1 unspecified atom stereocenters. The highest BCUT2D eigenvalue weighted by Crippen LogP contribution is 2.43. The van der Waals surface area contributed by atoms with Crippen molar-refractivity contribution in [3.05, 3.63) is 101 Å². The van der Waals surface area contributed by atoms with E-state index in [1.54, 1.807) is 23.1 Å². The maximum atomic E-state index is 13.3. The fraction of sp³-hybridized carbons (Fsp3) is 0.231. The predicted octanol–water partition coefficient (Wildman–Crippen LogP) is 4.35. The smallest absolute Gasteiger partial charge is 0.264 e. The number of rotatable bonds is 6. The zero-order valence-electron chi connectivity index (χ0n) is 17.3. The molecule has 4 rings (SSSR count). The van der Waals surface area contributed by atoms with E-state index in [1.807, 2.05) is 68.4 Å². The third-order valence-corrected chi connectivity index (χ3v) is 5.80. The van der Waals surface area contributed by atoms with Gasteiger partial charge in [-0.3, -0.25) is 9.59 Å². The SMILES string of the molecule is Cc1ccc(C(=O)CC2(O)C(=O)N(CCc3ccccc3)c3ccccc32)c(C)c1. The molecule has 0 radical (unpaired) electrons. The third-order valence-electron chi connectivity index (χ3n) is 5.80. The lowest BCUT2D eigenvalue weighted by Gasteiger charge is -2.23. The summed E-state index contributed by atoms with van der Waals surface area (Å²) in [6.45, 7) is 4.29. The lowest BCUT2D eigenvalue weighted by atomic mass is 9.87. The molecule has 152 valence electrons. The van der Waals surface area contributed by atoms with Crippen molar-refractivity contribution in [1.29, 1.82) is 0 Å². The highest BCUT2D eigenvalue weighted by molar-refractivity contribution is 6.11. The number of aryl methyl sites for hydroxylation is 2. The number of carbonyl (C=O) groups is 2. The van der Waals surface area contributed by atoms with Crippen molar-refractivity contribution in [3.8, 4) is 0 Å². The van der Waals surface area contributed by atoms with E-state index in [9.17, 15) is 14.7 Å². The van der Waals surface area contributed by atoms with Gasteiger partial charge in [0.25, 0.3) is 5.91 Å². The number of fused-ring (bicyclic) bond motifs is 1. The summed E-state index contributed by atoms with van der Waals surface area (Å²) in [5.74, 6) is -0.666. The van der Waals surface area contributed by atoms with Gasteiger partial charge in [-0.15, -0.1) is 0 Å². The number of Topliss-reactive ketones (excluding diaryl/α,β-unsaturated/α-hetero) is 1. The van der Waals surface area contributed by atoms with E-state index in [0.717, 1.165) is 16.7 Å². The summed E-state index contributed by atoms with van der Waals surface area (Å²) in [5.41, 5.74) is 2.91. The van der Waals surface area contributed by atoms with Gasteiger partial charge in [-0.25, -0.2) is 0 Å². The highest BCUT2D eigenvalue weighted by Gasteiger charge is 2.50. The normalized spacial score (nSPS) is 17.8. The zero-order chi connectivity index (χ0) is 21.3. The average molecular weight is 399 g/mol. The van der Waals surface area contributed by atoms with Crippen LogP contribution in [-0.2, 0) is 16.8 Å². The van der Waals surface area contributed by atoms with Crippen molar-refractivity contribution in [2.24, 2.45) is 0 Å². The quantitative estimate of drug-likeness (QED) is 0.627. The van der Waals surface area contributed by atoms with Gasteiger partial charge >= 0.3 is 0 Å². The fourth-order valence-electron chi connectivity index (χ4n) is 4.24. The molecule has 1 aliphatic heterocycles. The Bertz CT molecular complexity index is 1110. The van der Waals surface area contributed by atoms with E-state index >= 15 is 0 Å². The van der Waals surface area contributed by atoms with Gasteiger partial charge in [-0.1, -0.05) is 72.3 Å². The number of anilines is 1. The van der Waals surface area contributed by atoms with Crippen LogP contribution in [0.2, 0.25) is 0 Å². The van der Waals surface area contributed by atoms with Crippen LogP contribution in [0.3, 0.4) is 0 Å². The molecule has 0 saturated heterocycles. The van der Waals surface area contributed by atoms with Gasteiger partial charge in [0, 0.05) is 17.7 Å². The van der Waals surface area contributed by atoms with Gasteiger partial charge < -0.3 is 10.0 Å². The molecule has 30 heavy (non-hydrogen) atoms. The lowest BCUT2D eigenvalue weighted by Crippen LogP contribution is -2.42. The van der Waals surface area contributed by atoms with E-state index in [-0.39, 0.29) is 12.2 Å². The van der Waals surface area contributed by atoms with Crippen molar-refractivity contribution < 1.29 is 14.7 Å². The first-order chi connectivity index (χ1) is 14.4. The number of carbonyl (C=O) groups excluding carboxylic acids is 2. The Morgan fingerprint density at radius 3 is 2.40 bits per heavy atom. The molecular formula is C26H25NO3. The van der Waals surface area contributed by atoms with Gasteiger partial charge in [0.15, 0.2) is 11.4 Å². The van der Waals surface area contributed by atoms with Crippen LogP contribution in [0.25, 0.3) is 0 Å². The zero-order valence-corrected chi connectivity index (χ0v) is 17.3. The number of para-hydroxylation sites is 1. The number of nitrogens with zero attached hydrogens (tertiary/aromatic N) is 1. The first kappa shape index (κ1) is 20.0. The Labute approximate surface area is 176 Å². The lowest BCUT2D eigenvalue weighted by molar-refractivity contribution is -0.135. The topological polar surface area (TPSA) is 57.6 Å². The van der Waals surface area contributed by atoms with Crippen molar-refractivity contribution in [2.75, 3.05) is 11.4 Å². The molecule has 0 fully saturated rings. The Hall–Kier alpha value is -3.24. The molecule has 1 heterocycles. The van der Waals surface area contributed by atoms with Gasteiger partial charge in [0.05, 0.1) is 12.1 Å². The van der Waals surface area contributed by atoms with Crippen LogP contribution in [0.5, 0.6) is 0 Å². The molecule has 1 amide bonds. The van der Waals surface area contributed by atoms with Gasteiger partial charge in [0.1, 0.15) is 0 Å². The Morgan fingerprint density at radius 2 is 1.67 bits per heavy atom. The minimum atomic E-state index is -1.85. The third kappa shape index (κ3) is 3.55. The second-order valence-electron chi connectivity index (χ2n) is 7.99. The van der Waals surface area contributed by atoms with Crippen LogP contribution in [0.15, 0.2) is 72.8 Å². The van der Waals surface area contributed by atoms with Crippen molar-refractivity contribution in [3.63, 3.8) is 0 Å². The molecule has 0 spiro atoms. The van der Waals surface area contributed by atoms with E-state index in [4.69, 9.17) is 0 Å². The summed E-state index contributed by atoms with van der Waals surface area (Å²) in [7, 11) is 0. The van der Waals surface area contributed by atoms with E-state index in [1.165, 1.54) is 0 Å². The second kappa shape index (κ2) is 7.88. The van der Waals surface area contributed by atoms with Crippen LogP contribution in [0.1, 0.15) is 39.0 Å². The summed E-state index contributed by atoms with van der Waals surface area (Å²) in [6.07, 6.45) is 0.399. The molecule has 0 aromatic heterocycles. The van der Waals surface area contributed by atoms with Crippen LogP contribution in [0, 0.1) is 13.8 Å². The number of ketones is 1. The Kier molecular flexibility index (Phi) is 5.27. The Balaban J connectivity index is 1.62. The van der Waals surface area contributed by atoms with E-state index in [2.05, 4.69) is 0 Å². The largest absolute Gasteiger partial charge is 0.375 e. The molecule has 0 aliphatic carbocycles. The number of aliphatic hydroxyl groups is 1. The Morgan fingerprint density at radius 1 is 0.967 bits per heavy atom. The molecule has 0 saturated carbocycles. The molecule has 0 bridgehead atoms. The number of hydrogen-bond acceptors (Lipinski definition) is 3. The van der Waals surface area contributed by atoms with Crippen molar-refractivity contribution in [2.45, 2.75) is 32.3 Å². The molecular weight excluding hydrogens is 374 g/mol. The van der Waals surface area contributed by atoms with E-state index < -0.39 is 11.5 Å². The molecule has 1 aliphatic rings. The molecule has 1 N–H and O–H groups in total. The summed E-state index contributed by atoms with van der Waals surface area (Å²) in [5, 5.41) is 11.4. The van der Waals surface area contributed by atoms with Crippen molar-refractivity contribution >= 4 is 17.4 Å². The monoisotopic (exact) mass is 399 g/mol. The van der Waals surface area contributed by atoms with Crippen LogP contribution in [-0.4, -0.2) is 23.3 Å². The average Bonchev–Trinajstić information content (AvgIpc) is 2.94. The molecule has 4 heteroatoms. The van der Waals surface area contributed by atoms with Gasteiger partial charge in [-0.05, 0) is 37.5 Å². The summed E-state index contributed by atoms with van der Waals surface area (Å²) in [6, 6.07) is 22.7. The van der Waals surface area contributed by atoms with Crippen LogP contribution < -0.4 is 4.90 Å². The molecule has 1 atom stereocenters. The molecule has 4 nitrogen and oxygen atoms in total. The minimum Gasteiger partial charge on any atom is -0.375 e. The van der Waals surface area contributed by atoms with Gasteiger partial charge in [0.2, 0.25) is 0 Å². The van der Waals surface area contributed by atoms with E-state index in [0.29, 0.717) is 29.8 Å². The summed E-state index contributed by atoms with van der Waals surface area (Å²) < 4.78 is 0. The van der Waals surface area contributed by atoms with Crippen LogP contribution >= 0.6 is 0 Å². The van der Waals surface area contributed by atoms with Gasteiger partial charge in [-0.2, -0.15) is 0 Å². The number of hydrogen-bond donors (Lipinski definition) is 1. The highest BCUT2D eigenvalue weighted by atomic mass is 16.3. The second-order valence-corrected chi connectivity index (χ2v) is 7.99. The molecule has 3 aromatic carbocycles. The predicted molar refractivity (Wildman–Crippen MR) is 118 cm³/mol. The molecule has 3 aromatic rings.